The van der Waals surface area contributed by atoms with E-state index in [-0.39, 0.29) is 6.04 Å². The Morgan fingerprint density at radius 2 is 1.77 bits per heavy atom. The molecule has 3 aromatic rings. The summed E-state index contributed by atoms with van der Waals surface area (Å²) in [6.45, 7) is 3.69. The molecule has 0 saturated carbocycles. The molecule has 0 spiro atoms. The molecular formula is C17H15F3N2O3S. The van der Waals surface area contributed by atoms with Crippen molar-refractivity contribution < 1.29 is 25.8 Å². The predicted molar refractivity (Wildman–Crippen MR) is 90.3 cm³/mol. The maximum Gasteiger partial charge on any atom is 0.534 e. The van der Waals surface area contributed by atoms with E-state index in [1.54, 1.807) is 6.92 Å². The first-order chi connectivity index (χ1) is 12.1. The fraction of sp³-hybridized carbons (Fsp3) is 0.235. The second kappa shape index (κ2) is 6.31. The Labute approximate surface area is 148 Å². The minimum atomic E-state index is -5.73. The monoisotopic (exact) mass is 384 g/mol. The molecule has 0 amide bonds. The van der Waals surface area contributed by atoms with Gasteiger partial charge in [-0.2, -0.15) is 21.6 Å². The summed E-state index contributed by atoms with van der Waals surface area (Å²) >= 11 is 0. The molecule has 3 rings (SSSR count). The van der Waals surface area contributed by atoms with Gasteiger partial charge in [0.1, 0.15) is 11.6 Å². The lowest BCUT2D eigenvalue weighted by Crippen LogP contribution is -2.28. The fourth-order valence-corrected chi connectivity index (χ4v) is 3.24. The van der Waals surface area contributed by atoms with Crippen LogP contribution in [0, 0.1) is 6.92 Å². The number of benzene rings is 2. The highest BCUT2D eigenvalue weighted by Crippen LogP contribution is 2.31. The number of hydrogen-bond donors (Lipinski definition) is 0. The van der Waals surface area contributed by atoms with Gasteiger partial charge in [-0.15, -0.1) is 0 Å². The van der Waals surface area contributed by atoms with Crippen LogP contribution in [0.5, 0.6) is 5.75 Å². The van der Waals surface area contributed by atoms with Crippen LogP contribution in [0.1, 0.15) is 24.4 Å². The minimum Gasteiger partial charge on any atom is -0.376 e. The zero-order valence-electron chi connectivity index (χ0n) is 13.9. The van der Waals surface area contributed by atoms with Gasteiger partial charge in [0.25, 0.3) is 0 Å². The number of nitrogens with zero attached hydrogens (tertiary/aromatic N) is 2. The number of aromatic nitrogens is 2. The molecule has 1 unspecified atom stereocenters. The molecule has 0 bridgehead atoms. The molecule has 0 aliphatic heterocycles. The molecule has 1 aromatic heterocycles. The standard InChI is InChI=1S/C17H15F3N2O3S/c1-11(13-6-4-3-5-7-13)22-12(2)21-15-9-8-14(10-16(15)22)25-26(23,24)17(18,19)20/h3-11H,1-2H3. The van der Waals surface area contributed by atoms with E-state index in [0.29, 0.717) is 16.9 Å². The third-order valence-electron chi connectivity index (χ3n) is 4.00. The normalized spacial score (nSPS) is 13.7. The van der Waals surface area contributed by atoms with Crippen molar-refractivity contribution in [1.82, 2.24) is 9.55 Å². The summed E-state index contributed by atoms with van der Waals surface area (Å²) in [7, 11) is -5.73. The average Bonchev–Trinajstić information content (AvgIpc) is 2.89. The summed E-state index contributed by atoms with van der Waals surface area (Å²) < 4.78 is 66.1. The lowest BCUT2D eigenvalue weighted by atomic mass is 10.1. The van der Waals surface area contributed by atoms with Crippen molar-refractivity contribution in [1.29, 1.82) is 0 Å². The third-order valence-corrected chi connectivity index (χ3v) is 4.97. The molecule has 9 heteroatoms. The van der Waals surface area contributed by atoms with Crippen LogP contribution in [0.3, 0.4) is 0 Å². The van der Waals surface area contributed by atoms with E-state index < -0.39 is 21.4 Å². The maximum absolute atomic E-state index is 12.5. The Bertz CT molecular complexity index is 1040. The molecule has 0 N–H and O–H groups in total. The van der Waals surface area contributed by atoms with Gasteiger partial charge in [-0.1, -0.05) is 30.3 Å². The van der Waals surface area contributed by atoms with Crippen molar-refractivity contribution in [3.8, 4) is 5.75 Å². The zero-order chi connectivity index (χ0) is 19.1. The number of fused-ring (bicyclic) bond motifs is 1. The SMILES string of the molecule is Cc1nc2ccc(OS(=O)(=O)C(F)(F)F)cc2n1C(C)c1ccccc1. The number of halogens is 3. The predicted octanol–water partition coefficient (Wildman–Crippen LogP) is 4.18. The topological polar surface area (TPSA) is 61.2 Å². The molecule has 0 aliphatic carbocycles. The number of aryl methyl sites for hydroxylation is 1. The van der Waals surface area contributed by atoms with E-state index in [1.165, 1.54) is 12.1 Å². The molecule has 0 fully saturated rings. The molecule has 0 radical (unpaired) electrons. The largest absolute Gasteiger partial charge is 0.534 e. The highest BCUT2D eigenvalue weighted by molar-refractivity contribution is 7.88. The van der Waals surface area contributed by atoms with E-state index in [9.17, 15) is 21.6 Å². The van der Waals surface area contributed by atoms with Crippen molar-refractivity contribution in [3.63, 3.8) is 0 Å². The quantitative estimate of drug-likeness (QED) is 0.500. The van der Waals surface area contributed by atoms with E-state index in [0.717, 1.165) is 11.6 Å². The summed E-state index contributed by atoms with van der Waals surface area (Å²) in [6.07, 6.45) is 0. The van der Waals surface area contributed by atoms with Gasteiger partial charge in [-0.25, -0.2) is 4.98 Å². The minimum absolute atomic E-state index is 0.157. The second-order valence-electron chi connectivity index (χ2n) is 5.75. The van der Waals surface area contributed by atoms with E-state index in [1.807, 2.05) is 41.8 Å². The van der Waals surface area contributed by atoms with Crippen LogP contribution in [0.2, 0.25) is 0 Å². The van der Waals surface area contributed by atoms with Crippen LogP contribution in [0.4, 0.5) is 13.2 Å². The van der Waals surface area contributed by atoms with Crippen LogP contribution in [0.25, 0.3) is 11.0 Å². The number of rotatable bonds is 4. The van der Waals surface area contributed by atoms with Crippen molar-refractivity contribution in [3.05, 3.63) is 59.9 Å². The Kier molecular flexibility index (Phi) is 4.43. The van der Waals surface area contributed by atoms with Crippen molar-refractivity contribution in [2.75, 3.05) is 0 Å². The summed E-state index contributed by atoms with van der Waals surface area (Å²) in [5.74, 6) is 0.225. The van der Waals surface area contributed by atoms with Crippen molar-refractivity contribution in [2.45, 2.75) is 25.4 Å². The van der Waals surface area contributed by atoms with E-state index in [2.05, 4.69) is 9.17 Å². The van der Waals surface area contributed by atoms with Crippen molar-refractivity contribution >= 4 is 21.2 Å². The molecular weight excluding hydrogens is 369 g/mol. The van der Waals surface area contributed by atoms with Crippen LogP contribution in [-0.4, -0.2) is 23.5 Å². The lowest BCUT2D eigenvalue weighted by Gasteiger charge is -2.17. The van der Waals surface area contributed by atoms with Gasteiger partial charge in [-0.05, 0) is 31.5 Å². The molecule has 138 valence electrons. The Hall–Kier alpha value is -2.55. The van der Waals surface area contributed by atoms with Gasteiger partial charge in [0.2, 0.25) is 0 Å². The highest BCUT2D eigenvalue weighted by atomic mass is 32.2. The van der Waals surface area contributed by atoms with Gasteiger partial charge in [0.15, 0.2) is 0 Å². The molecule has 0 saturated heterocycles. The second-order valence-corrected chi connectivity index (χ2v) is 7.29. The Morgan fingerprint density at radius 3 is 2.38 bits per heavy atom. The first-order valence-corrected chi connectivity index (χ1v) is 9.05. The smallest absolute Gasteiger partial charge is 0.376 e. The van der Waals surface area contributed by atoms with Crippen LogP contribution in [0.15, 0.2) is 48.5 Å². The zero-order valence-corrected chi connectivity index (χ0v) is 14.7. The Balaban J connectivity index is 2.07. The highest BCUT2D eigenvalue weighted by Gasteiger charge is 2.48. The van der Waals surface area contributed by atoms with Crippen LogP contribution < -0.4 is 4.18 Å². The molecule has 0 aliphatic rings. The maximum atomic E-state index is 12.5. The fourth-order valence-electron chi connectivity index (χ4n) is 2.79. The van der Waals surface area contributed by atoms with Gasteiger partial charge in [-0.3, -0.25) is 0 Å². The third kappa shape index (κ3) is 3.26. The summed E-state index contributed by atoms with van der Waals surface area (Å²) in [5, 5.41) is 0. The van der Waals surface area contributed by atoms with Gasteiger partial charge in [0, 0.05) is 6.07 Å². The van der Waals surface area contributed by atoms with Crippen LogP contribution >= 0.6 is 0 Å². The average molecular weight is 384 g/mol. The molecule has 2 aromatic carbocycles. The van der Waals surface area contributed by atoms with Gasteiger partial charge >= 0.3 is 15.6 Å². The lowest BCUT2D eigenvalue weighted by molar-refractivity contribution is -0.0500. The summed E-state index contributed by atoms with van der Waals surface area (Å²) in [5.41, 5.74) is -3.50. The number of alkyl halides is 3. The first-order valence-electron chi connectivity index (χ1n) is 7.64. The van der Waals surface area contributed by atoms with Gasteiger partial charge in [0.05, 0.1) is 17.1 Å². The van der Waals surface area contributed by atoms with Crippen molar-refractivity contribution in [2.24, 2.45) is 0 Å². The molecule has 1 atom stereocenters. The number of imidazole rings is 1. The molecule has 5 nitrogen and oxygen atoms in total. The summed E-state index contributed by atoms with van der Waals surface area (Å²) in [6, 6.07) is 13.1. The summed E-state index contributed by atoms with van der Waals surface area (Å²) in [4.78, 5) is 4.38. The Morgan fingerprint density at radius 1 is 1.12 bits per heavy atom. The van der Waals surface area contributed by atoms with E-state index in [4.69, 9.17) is 0 Å². The molecule has 1 heterocycles. The first kappa shape index (κ1) is 18.2. The number of hydrogen-bond acceptors (Lipinski definition) is 4. The van der Waals surface area contributed by atoms with Crippen LogP contribution in [-0.2, 0) is 10.1 Å². The van der Waals surface area contributed by atoms with E-state index >= 15 is 0 Å². The molecule has 26 heavy (non-hydrogen) atoms. The van der Waals surface area contributed by atoms with Gasteiger partial charge < -0.3 is 8.75 Å².